The van der Waals surface area contributed by atoms with Gasteiger partial charge in [0, 0.05) is 12.2 Å². The summed E-state index contributed by atoms with van der Waals surface area (Å²) in [5.41, 5.74) is 0.682. The molecule has 15 heavy (non-hydrogen) atoms. The molecule has 2 atom stereocenters. The minimum absolute atomic E-state index is 0.0340. The highest BCUT2D eigenvalue weighted by Crippen LogP contribution is 2.15. The van der Waals surface area contributed by atoms with E-state index >= 15 is 0 Å². The molecule has 82 valence electrons. The number of rotatable bonds is 3. The van der Waals surface area contributed by atoms with E-state index in [9.17, 15) is 4.79 Å². The number of ether oxygens (including phenoxy) is 1. The van der Waals surface area contributed by atoms with Gasteiger partial charge in [-0.1, -0.05) is 0 Å². The molecule has 1 aliphatic rings. The molecule has 3 N–H and O–H groups in total. The normalized spacial score (nSPS) is 25.4. The number of likely N-dealkylation sites (N-methyl/N-ethyl adjacent to an activating group) is 1. The van der Waals surface area contributed by atoms with Crippen LogP contribution in [-0.4, -0.2) is 42.4 Å². The van der Waals surface area contributed by atoms with E-state index in [0.29, 0.717) is 18.9 Å². The SMILES string of the molecule is CNC1COCC1C(=O)Nc1cn[nH]c1. The fourth-order valence-electron chi connectivity index (χ4n) is 1.65. The van der Waals surface area contributed by atoms with Gasteiger partial charge in [-0.05, 0) is 7.05 Å². The van der Waals surface area contributed by atoms with Gasteiger partial charge >= 0.3 is 0 Å². The molecule has 1 aromatic rings. The Morgan fingerprint density at radius 3 is 3.20 bits per heavy atom. The van der Waals surface area contributed by atoms with Crippen LogP contribution in [0.1, 0.15) is 0 Å². The van der Waals surface area contributed by atoms with Crippen LogP contribution in [-0.2, 0) is 9.53 Å². The van der Waals surface area contributed by atoms with Crippen molar-refractivity contribution < 1.29 is 9.53 Å². The van der Waals surface area contributed by atoms with Gasteiger partial charge in [0.1, 0.15) is 0 Å². The predicted octanol–water partition coefficient (Wildman–Crippen LogP) is -0.417. The molecule has 1 amide bonds. The summed E-state index contributed by atoms with van der Waals surface area (Å²) in [7, 11) is 1.83. The first kappa shape index (κ1) is 10.1. The van der Waals surface area contributed by atoms with Crippen LogP contribution in [0, 0.1) is 5.92 Å². The minimum atomic E-state index is -0.134. The lowest BCUT2D eigenvalue weighted by atomic mass is 10.0. The summed E-state index contributed by atoms with van der Waals surface area (Å²) in [5, 5.41) is 12.2. The van der Waals surface area contributed by atoms with Gasteiger partial charge in [0.15, 0.2) is 0 Å². The Hall–Kier alpha value is -1.40. The number of hydrogen-bond acceptors (Lipinski definition) is 4. The van der Waals surface area contributed by atoms with Crippen LogP contribution >= 0.6 is 0 Å². The Bertz CT molecular complexity index is 325. The van der Waals surface area contributed by atoms with E-state index in [-0.39, 0.29) is 17.9 Å². The van der Waals surface area contributed by atoms with Crippen molar-refractivity contribution in [2.75, 3.05) is 25.6 Å². The van der Waals surface area contributed by atoms with Crippen molar-refractivity contribution in [3.63, 3.8) is 0 Å². The Balaban J connectivity index is 1.96. The summed E-state index contributed by atoms with van der Waals surface area (Å²) < 4.78 is 5.25. The average molecular weight is 210 g/mol. The van der Waals surface area contributed by atoms with Gasteiger partial charge in [0.25, 0.3) is 0 Å². The Labute approximate surface area is 87.4 Å². The van der Waals surface area contributed by atoms with Crippen molar-refractivity contribution >= 4 is 11.6 Å². The second kappa shape index (κ2) is 4.41. The van der Waals surface area contributed by atoms with Crippen LogP contribution in [0.3, 0.4) is 0 Å². The van der Waals surface area contributed by atoms with Gasteiger partial charge in [0.2, 0.25) is 5.91 Å². The van der Waals surface area contributed by atoms with E-state index in [2.05, 4.69) is 20.8 Å². The fraction of sp³-hybridized carbons (Fsp3) is 0.556. The number of nitrogens with one attached hydrogen (secondary N) is 3. The van der Waals surface area contributed by atoms with E-state index in [0.717, 1.165) is 0 Å². The molecule has 2 unspecified atom stereocenters. The van der Waals surface area contributed by atoms with E-state index in [1.54, 1.807) is 12.4 Å². The van der Waals surface area contributed by atoms with E-state index in [4.69, 9.17) is 4.74 Å². The average Bonchev–Trinajstić information content (AvgIpc) is 2.86. The lowest BCUT2D eigenvalue weighted by Crippen LogP contribution is -2.39. The van der Waals surface area contributed by atoms with Gasteiger partial charge in [-0.15, -0.1) is 0 Å². The molecule has 1 aromatic heterocycles. The van der Waals surface area contributed by atoms with Crippen LogP contribution in [0.25, 0.3) is 0 Å². The van der Waals surface area contributed by atoms with Crippen molar-refractivity contribution in [1.29, 1.82) is 0 Å². The number of aromatic nitrogens is 2. The molecule has 0 aliphatic carbocycles. The number of aromatic amines is 1. The molecule has 1 fully saturated rings. The molecule has 1 saturated heterocycles. The zero-order chi connectivity index (χ0) is 10.7. The van der Waals surface area contributed by atoms with Crippen molar-refractivity contribution in [2.24, 2.45) is 5.92 Å². The summed E-state index contributed by atoms with van der Waals surface area (Å²) in [6.45, 7) is 1.05. The lowest BCUT2D eigenvalue weighted by molar-refractivity contribution is -0.120. The molecule has 0 aromatic carbocycles. The highest BCUT2D eigenvalue weighted by atomic mass is 16.5. The van der Waals surface area contributed by atoms with Crippen LogP contribution < -0.4 is 10.6 Å². The number of hydrogen-bond donors (Lipinski definition) is 3. The molecule has 0 bridgehead atoms. The highest BCUT2D eigenvalue weighted by molar-refractivity contribution is 5.93. The van der Waals surface area contributed by atoms with Gasteiger partial charge < -0.3 is 15.4 Å². The maximum atomic E-state index is 11.8. The Kier molecular flexibility index (Phi) is 2.98. The molecule has 2 heterocycles. The Morgan fingerprint density at radius 1 is 1.67 bits per heavy atom. The van der Waals surface area contributed by atoms with E-state index < -0.39 is 0 Å². The maximum absolute atomic E-state index is 11.8. The second-order valence-electron chi connectivity index (χ2n) is 3.52. The van der Waals surface area contributed by atoms with Crippen LogP contribution in [0.15, 0.2) is 12.4 Å². The quantitative estimate of drug-likeness (QED) is 0.633. The number of carbonyl (C=O) groups excluding carboxylic acids is 1. The Morgan fingerprint density at radius 2 is 2.53 bits per heavy atom. The summed E-state index contributed by atoms with van der Waals surface area (Å²) in [6, 6.07) is 0.0944. The van der Waals surface area contributed by atoms with Gasteiger partial charge in [0.05, 0.1) is 31.0 Å². The summed E-state index contributed by atoms with van der Waals surface area (Å²) in [5.74, 6) is -0.168. The first-order valence-electron chi connectivity index (χ1n) is 4.86. The van der Waals surface area contributed by atoms with Crippen LogP contribution in [0.5, 0.6) is 0 Å². The third-order valence-electron chi connectivity index (χ3n) is 2.55. The monoisotopic (exact) mass is 210 g/mol. The van der Waals surface area contributed by atoms with Crippen molar-refractivity contribution in [3.8, 4) is 0 Å². The van der Waals surface area contributed by atoms with Crippen molar-refractivity contribution in [1.82, 2.24) is 15.5 Å². The van der Waals surface area contributed by atoms with E-state index in [1.807, 2.05) is 7.05 Å². The van der Waals surface area contributed by atoms with Gasteiger partial charge in [-0.3, -0.25) is 9.89 Å². The predicted molar refractivity (Wildman–Crippen MR) is 54.4 cm³/mol. The smallest absolute Gasteiger partial charge is 0.231 e. The fourth-order valence-corrected chi connectivity index (χ4v) is 1.65. The first-order valence-corrected chi connectivity index (χ1v) is 4.86. The topological polar surface area (TPSA) is 79.0 Å². The summed E-state index contributed by atoms with van der Waals surface area (Å²) in [4.78, 5) is 11.8. The van der Waals surface area contributed by atoms with Crippen molar-refractivity contribution in [3.05, 3.63) is 12.4 Å². The molecular formula is C9H14N4O2. The molecule has 0 radical (unpaired) electrons. The van der Waals surface area contributed by atoms with Crippen LogP contribution in [0.2, 0.25) is 0 Å². The van der Waals surface area contributed by atoms with Gasteiger partial charge in [-0.25, -0.2) is 0 Å². The zero-order valence-corrected chi connectivity index (χ0v) is 8.49. The largest absolute Gasteiger partial charge is 0.379 e. The lowest BCUT2D eigenvalue weighted by Gasteiger charge is -2.15. The molecular weight excluding hydrogens is 196 g/mol. The number of amides is 1. The molecule has 6 nitrogen and oxygen atoms in total. The minimum Gasteiger partial charge on any atom is -0.379 e. The number of H-pyrrole nitrogens is 1. The highest BCUT2D eigenvalue weighted by Gasteiger charge is 2.32. The number of carbonyl (C=O) groups is 1. The molecule has 1 aliphatic heterocycles. The standard InChI is InChI=1S/C9H14N4O2/c1-10-8-5-15-4-7(8)9(14)13-6-2-11-12-3-6/h2-3,7-8,10H,4-5H2,1H3,(H,11,12)(H,13,14). The maximum Gasteiger partial charge on any atom is 0.231 e. The summed E-state index contributed by atoms with van der Waals surface area (Å²) in [6.07, 6.45) is 3.21. The second-order valence-corrected chi connectivity index (χ2v) is 3.52. The number of nitrogens with zero attached hydrogens (tertiary/aromatic N) is 1. The van der Waals surface area contributed by atoms with E-state index in [1.165, 1.54) is 0 Å². The molecule has 6 heteroatoms. The van der Waals surface area contributed by atoms with Crippen molar-refractivity contribution in [2.45, 2.75) is 6.04 Å². The molecule has 0 saturated carbocycles. The van der Waals surface area contributed by atoms with Crippen LogP contribution in [0.4, 0.5) is 5.69 Å². The van der Waals surface area contributed by atoms with Gasteiger partial charge in [-0.2, -0.15) is 5.10 Å². The molecule has 0 spiro atoms. The molecule has 2 rings (SSSR count). The zero-order valence-electron chi connectivity index (χ0n) is 8.49. The third kappa shape index (κ3) is 2.16. The first-order chi connectivity index (χ1) is 7.31. The number of anilines is 1. The summed E-state index contributed by atoms with van der Waals surface area (Å²) >= 11 is 0. The third-order valence-corrected chi connectivity index (χ3v) is 2.55.